The van der Waals surface area contributed by atoms with Gasteiger partial charge in [-0.25, -0.2) is 0 Å². The van der Waals surface area contributed by atoms with Crippen LogP contribution in [0.15, 0.2) is 24.3 Å². The summed E-state index contributed by atoms with van der Waals surface area (Å²) in [5.74, 6) is 0.319. The number of hydrogen-bond acceptors (Lipinski definition) is 2. The molecule has 21 heavy (non-hydrogen) atoms. The molecule has 0 heterocycles. The number of nitrogens with two attached hydrogens (primary N) is 1. The highest BCUT2D eigenvalue weighted by molar-refractivity contribution is 5.91. The molecule has 2 aliphatic rings. The molecule has 3 nitrogen and oxygen atoms in total. The lowest BCUT2D eigenvalue weighted by atomic mass is 9.93. The van der Waals surface area contributed by atoms with E-state index in [0.29, 0.717) is 11.9 Å². The summed E-state index contributed by atoms with van der Waals surface area (Å²) in [5, 5.41) is 0. The summed E-state index contributed by atoms with van der Waals surface area (Å²) in [5.41, 5.74) is 7.41. The number of carbonyl (C=O) groups excluding carboxylic acids is 1. The second-order valence-electron chi connectivity index (χ2n) is 6.77. The minimum atomic E-state index is -0.255. The number of rotatable bonds is 3. The van der Waals surface area contributed by atoms with Gasteiger partial charge in [0.2, 0.25) is 5.91 Å². The van der Waals surface area contributed by atoms with E-state index in [1.54, 1.807) is 0 Å². The van der Waals surface area contributed by atoms with Gasteiger partial charge in [-0.3, -0.25) is 4.79 Å². The van der Waals surface area contributed by atoms with Crippen molar-refractivity contribution < 1.29 is 4.79 Å². The Balaban J connectivity index is 1.75. The van der Waals surface area contributed by atoms with Crippen molar-refractivity contribution in [3.63, 3.8) is 0 Å². The highest BCUT2D eigenvalue weighted by atomic mass is 16.2. The molecule has 2 saturated carbocycles. The number of nitrogen functional groups attached to an aromatic ring is 1. The molecule has 0 bridgehead atoms. The fourth-order valence-electron chi connectivity index (χ4n) is 3.70. The number of likely N-dealkylation sites (N-methyl/N-ethyl adjacent to an activating group) is 1. The smallest absolute Gasteiger partial charge is 0.233 e. The van der Waals surface area contributed by atoms with E-state index < -0.39 is 0 Å². The van der Waals surface area contributed by atoms with Crippen molar-refractivity contribution in [2.75, 3.05) is 12.8 Å². The molecule has 0 saturated heterocycles. The van der Waals surface area contributed by atoms with E-state index in [-0.39, 0.29) is 5.41 Å². The molecule has 0 aromatic heterocycles. The second kappa shape index (κ2) is 5.70. The SMILES string of the molecule is CN(C(=O)C1(c2ccc(N)cc2)CC1)C1CCCCCC1. The minimum absolute atomic E-state index is 0.255. The topological polar surface area (TPSA) is 46.3 Å². The summed E-state index contributed by atoms with van der Waals surface area (Å²) in [6.45, 7) is 0. The lowest BCUT2D eigenvalue weighted by Gasteiger charge is -2.31. The normalized spacial score (nSPS) is 21.6. The zero-order chi connectivity index (χ0) is 14.9. The third-order valence-corrected chi connectivity index (χ3v) is 5.32. The van der Waals surface area contributed by atoms with Gasteiger partial charge in [0, 0.05) is 18.8 Å². The van der Waals surface area contributed by atoms with Gasteiger partial charge in [0.05, 0.1) is 5.41 Å². The number of amides is 1. The second-order valence-corrected chi connectivity index (χ2v) is 6.77. The van der Waals surface area contributed by atoms with Crippen molar-refractivity contribution in [3.05, 3.63) is 29.8 Å². The van der Waals surface area contributed by atoms with Crippen LogP contribution in [0, 0.1) is 0 Å². The van der Waals surface area contributed by atoms with E-state index in [1.807, 2.05) is 31.3 Å². The third-order valence-electron chi connectivity index (χ3n) is 5.32. The zero-order valence-corrected chi connectivity index (χ0v) is 13.0. The average molecular weight is 286 g/mol. The van der Waals surface area contributed by atoms with Gasteiger partial charge in [-0.1, -0.05) is 37.8 Å². The zero-order valence-electron chi connectivity index (χ0n) is 13.0. The molecule has 0 unspecified atom stereocenters. The number of nitrogens with zero attached hydrogens (tertiary/aromatic N) is 1. The van der Waals surface area contributed by atoms with Crippen LogP contribution in [0.3, 0.4) is 0 Å². The molecule has 0 atom stereocenters. The van der Waals surface area contributed by atoms with Crippen molar-refractivity contribution in [1.82, 2.24) is 4.90 Å². The maximum Gasteiger partial charge on any atom is 0.233 e. The summed E-state index contributed by atoms with van der Waals surface area (Å²) in [7, 11) is 2.01. The Bertz CT molecular complexity index is 496. The van der Waals surface area contributed by atoms with E-state index in [0.717, 1.165) is 24.1 Å². The van der Waals surface area contributed by atoms with Crippen LogP contribution in [0.1, 0.15) is 56.9 Å². The van der Waals surface area contributed by atoms with Crippen LogP contribution in [-0.2, 0) is 10.2 Å². The monoisotopic (exact) mass is 286 g/mol. The highest BCUT2D eigenvalue weighted by Crippen LogP contribution is 2.50. The molecule has 2 aliphatic carbocycles. The Morgan fingerprint density at radius 2 is 1.67 bits per heavy atom. The molecular formula is C18H26N2O. The summed E-state index contributed by atoms with van der Waals surface area (Å²) in [4.78, 5) is 15.1. The van der Waals surface area contributed by atoms with E-state index in [9.17, 15) is 4.79 Å². The number of benzene rings is 1. The summed E-state index contributed by atoms with van der Waals surface area (Å²) >= 11 is 0. The van der Waals surface area contributed by atoms with Gasteiger partial charge in [0.15, 0.2) is 0 Å². The van der Waals surface area contributed by atoms with Crippen molar-refractivity contribution in [1.29, 1.82) is 0 Å². The first kappa shape index (κ1) is 14.4. The minimum Gasteiger partial charge on any atom is -0.399 e. The van der Waals surface area contributed by atoms with Gasteiger partial charge in [-0.15, -0.1) is 0 Å². The third kappa shape index (κ3) is 2.78. The van der Waals surface area contributed by atoms with Crippen LogP contribution in [0.2, 0.25) is 0 Å². The number of carbonyl (C=O) groups is 1. The Labute approximate surface area is 127 Å². The summed E-state index contributed by atoms with van der Waals surface area (Å²) < 4.78 is 0. The predicted octanol–water partition coefficient (Wildman–Crippen LogP) is 3.48. The number of hydrogen-bond donors (Lipinski definition) is 1. The molecule has 2 N–H and O–H groups in total. The van der Waals surface area contributed by atoms with Crippen LogP contribution in [0.4, 0.5) is 5.69 Å². The van der Waals surface area contributed by atoms with Gasteiger partial charge in [-0.05, 0) is 43.4 Å². The van der Waals surface area contributed by atoms with Gasteiger partial charge in [0.25, 0.3) is 0 Å². The molecule has 1 aromatic rings. The molecule has 1 amide bonds. The molecule has 114 valence electrons. The van der Waals surface area contributed by atoms with Crippen LogP contribution in [-0.4, -0.2) is 23.9 Å². The first-order valence-corrected chi connectivity index (χ1v) is 8.27. The maximum atomic E-state index is 13.0. The summed E-state index contributed by atoms with van der Waals surface area (Å²) in [6.07, 6.45) is 9.46. The Morgan fingerprint density at radius 3 is 2.19 bits per heavy atom. The van der Waals surface area contributed by atoms with E-state index in [1.165, 1.54) is 38.5 Å². The fraction of sp³-hybridized carbons (Fsp3) is 0.611. The Hall–Kier alpha value is -1.51. The van der Waals surface area contributed by atoms with E-state index in [4.69, 9.17) is 5.73 Å². The first-order valence-electron chi connectivity index (χ1n) is 8.27. The van der Waals surface area contributed by atoms with Gasteiger partial charge < -0.3 is 10.6 Å². The van der Waals surface area contributed by atoms with Crippen LogP contribution >= 0.6 is 0 Å². The number of anilines is 1. The fourth-order valence-corrected chi connectivity index (χ4v) is 3.70. The molecule has 0 radical (unpaired) electrons. The van der Waals surface area contributed by atoms with Crippen molar-refractivity contribution in [3.8, 4) is 0 Å². The lowest BCUT2D eigenvalue weighted by Crippen LogP contribution is -2.43. The quantitative estimate of drug-likeness (QED) is 0.683. The predicted molar refractivity (Wildman–Crippen MR) is 86.0 cm³/mol. The molecule has 3 rings (SSSR count). The van der Waals surface area contributed by atoms with Crippen molar-refractivity contribution in [2.24, 2.45) is 0 Å². The van der Waals surface area contributed by atoms with Crippen LogP contribution in [0.25, 0.3) is 0 Å². The molecule has 3 heteroatoms. The standard InChI is InChI=1S/C18H26N2O/c1-20(16-6-4-2-3-5-7-16)17(21)18(12-13-18)14-8-10-15(19)11-9-14/h8-11,16H,2-7,12-13,19H2,1H3. The maximum absolute atomic E-state index is 13.0. The van der Waals surface area contributed by atoms with Gasteiger partial charge >= 0.3 is 0 Å². The average Bonchev–Trinajstić information content (AvgIpc) is 3.31. The highest BCUT2D eigenvalue weighted by Gasteiger charge is 2.53. The van der Waals surface area contributed by atoms with E-state index >= 15 is 0 Å². The Kier molecular flexibility index (Phi) is 3.92. The summed E-state index contributed by atoms with van der Waals surface area (Å²) in [6, 6.07) is 8.32. The molecule has 1 aromatic carbocycles. The molecule has 2 fully saturated rings. The first-order chi connectivity index (χ1) is 10.1. The van der Waals surface area contributed by atoms with Crippen molar-refractivity contribution >= 4 is 11.6 Å². The Morgan fingerprint density at radius 1 is 1.10 bits per heavy atom. The van der Waals surface area contributed by atoms with E-state index in [2.05, 4.69) is 4.90 Å². The molecule has 0 aliphatic heterocycles. The van der Waals surface area contributed by atoms with Crippen molar-refractivity contribution in [2.45, 2.75) is 62.8 Å². The van der Waals surface area contributed by atoms with Crippen LogP contribution < -0.4 is 5.73 Å². The largest absolute Gasteiger partial charge is 0.399 e. The van der Waals surface area contributed by atoms with Gasteiger partial charge in [0.1, 0.15) is 0 Å². The molecular weight excluding hydrogens is 260 g/mol. The van der Waals surface area contributed by atoms with Gasteiger partial charge in [-0.2, -0.15) is 0 Å². The molecule has 0 spiro atoms. The lowest BCUT2D eigenvalue weighted by molar-refractivity contribution is -0.135. The van der Waals surface area contributed by atoms with Crippen LogP contribution in [0.5, 0.6) is 0 Å².